The lowest BCUT2D eigenvalue weighted by Gasteiger charge is -2.08. The summed E-state index contributed by atoms with van der Waals surface area (Å²) in [5.74, 6) is -0.176. The Morgan fingerprint density at radius 2 is 1.36 bits per heavy atom. The molecule has 0 aromatic heterocycles. The number of ether oxygens (including phenoxy) is 2. The van der Waals surface area contributed by atoms with E-state index in [2.05, 4.69) is 35.9 Å². The Hall–Kier alpha value is -3.21. The van der Waals surface area contributed by atoms with Crippen molar-refractivity contribution in [1.29, 1.82) is 0 Å². The zero-order valence-electron chi connectivity index (χ0n) is 15.4. The van der Waals surface area contributed by atoms with Gasteiger partial charge in [-0.2, -0.15) is 8.78 Å². The third-order valence-corrected chi connectivity index (χ3v) is 4.21. The van der Waals surface area contributed by atoms with Crippen LogP contribution >= 0.6 is 0 Å². The van der Waals surface area contributed by atoms with Gasteiger partial charge in [-0.1, -0.05) is 49.7 Å². The topological polar surface area (TPSA) is 35.5 Å². The summed E-state index contributed by atoms with van der Waals surface area (Å²) in [5.41, 5.74) is 3.67. The van der Waals surface area contributed by atoms with Crippen LogP contribution in [0, 0.1) is 0 Å². The van der Waals surface area contributed by atoms with E-state index in [1.807, 2.05) is 12.1 Å². The van der Waals surface area contributed by atoms with E-state index in [1.54, 1.807) is 12.1 Å². The highest BCUT2D eigenvalue weighted by molar-refractivity contribution is 5.91. The fraction of sp³-hybridized carbons (Fsp3) is 0.174. The summed E-state index contributed by atoms with van der Waals surface area (Å²) in [6.07, 6.45) is 2.17. The average molecular weight is 382 g/mol. The molecule has 0 heterocycles. The molecule has 0 aliphatic carbocycles. The van der Waals surface area contributed by atoms with Crippen molar-refractivity contribution in [3.05, 3.63) is 83.9 Å². The van der Waals surface area contributed by atoms with Crippen LogP contribution in [0.1, 0.15) is 29.3 Å². The summed E-state index contributed by atoms with van der Waals surface area (Å²) < 4.78 is 33.9. The van der Waals surface area contributed by atoms with Gasteiger partial charge >= 0.3 is 12.6 Å². The Bertz CT molecular complexity index is 902. The lowest BCUT2D eigenvalue weighted by molar-refractivity contribution is -0.0498. The molecule has 0 saturated carbocycles. The molecule has 5 heteroatoms. The van der Waals surface area contributed by atoms with Gasteiger partial charge in [0.25, 0.3) is 0 Å². The van der Waals surface area contributed by atoms with Crippen molar-refractivity contribution >= 4 is 5.97 Å². The standard InChI is InChI=1S/C23H20F2O3/c1-2-3-16-4-6-17(7-5-16)18-8-12-20(13-9-18)27-22(26)19-10-14-21(15-11-19)28-23(24)25/h4-15,23H,2-3H2,1H3. The summed E-state index contributed by atoms with van der Waals surface area (Å²) in [6.45, 7) is -0.751. The number of hydrogen-bond acceptors (Lipinski definition) is 3. The molecule has 28 heavy (non-hydrogen) atoms. The molecule has 0 fully saturated rings. The molecule has 0 saturated heterocycles. The van der Waals surface area contributed by atoms with Gasteiger partial charge in [-0.15, -0.1) is 0 Å². The van der Waals surface area contributed by atoms with Crippen LogP contribution in [0.3, 0.4) is 0 Å². The predicted octanol–water partition coefficient (Wildman–Crippen LogP) is 6.13. The highest BCUT2D eigenvalue weighted by Crippen LogP contribution is 2.24. The van der Waals surface area contributed by atoms with Crippen LogP contribution in [0.25, 0.3) is 11.1 Å². The molecule has 3 rings (SSSR count). The molecule has 0 bridgehead atoms. The number of hydrogen-bond donors (Lipinski definition) is 0. The van der Waals surface area contributed by atoms with Crippen molar-refractivity contribution in [2.45, 2.75) is 26.4 Å². The fourth-order valence-corrected chi connectivity index (χ4v) is 2.81. The van der Waals surface area contributed by atoms with Crippen molar-refractivity contribution < 1.29 is 23.0 Å². The Morgan fingerprint density at radius 1 is 0.821 bits per heavy atom. The van der Waals surface area contributed by atoms with Crippen molar-refractivity contribution in [2.75, 3.05) is 0 Å². The molecule has 0 radical (unpaired) electrons. The van der Waals surface area contributed by atoms with Gasteiger partial charge in [0.2, 0.25) is 0 Å². The number of esters is 1. The van der Waals surface area contributed by atoms with Crippen molar-refractivity contribution in [2.24, 2.45) is 0 Å². The molecule has 3 nitrogen and oxygen atoms in total. The minimum atomic E-state index is -2.90. The molecule has 0 N–H and O–H groups in total. The molecule has 0 unspecified atom stereocenters. The third-order valence-electron chi connectivity index (χ3n) is 4.21. The second-order valence-electron chi connectivity index (χ2n) is 6.26. The SMILES string of the molecule is CCCc1ccc(-c2ccc(OC(=O)c3ccc(OC(F)F)cc3)cc2)cc1. The van der Waals surface area contributed by atoms with Crippen LogP contribution in [0.5, 0.6) is 11.5 Å². The van der Waals surface area contributed by atoms with E-state index in [9.17, 15) is 13.6 Å². The molecule has 0 atom stereocenters. The second-order valence-corrected chi connectivity index (χ2v) is 6.26. The van der Waals surface area contributed by atoms with Crippen LogP contribution < -0.4 is 9.47 Å². The van der Waals surface area contributed by atoms with Crippen molar-refractivity contribution in [3.63, 3.8) is 0 Å². The first-order chi connectivity index (χ1) is 13.5. The first-order valence-corrected chi connectivity index (χ1v) is 9.01. The van der Waals surface area contributed by atoms with Crippen LogP contribution in [0.15, 0.2) is 72.8 Å². The maximum atomic E-state index is 12.2. The van der Waals surface area contributed by atoms with Gasteiger partial charge in [0.1, 0.15) is 11.5 Å². The van der Waals surface area contributed by atoms with E-state index in [1.165, 1.54) is 29.8 Å². The molecule has 0 aliphatic rings. The molecule has 3 aromatic carbocycles. The van der Waals surface area contributed by atoms with Crippen molar-refractivity contribution in [1.82, 2.24) is 0 Å². The average Bonchev–Trinajstić information content (AvgIpc) is 2.69. The molecular formula is C23H20F2O3. The largest absolute Gasteiger partial charge is 0.435 e. The summed E-state index contributed by atoms with van der Waals surface area (Å²) in [7, 11) is 0. The minimum Gasteiger partial charge on any atom is -0.435 e. The first kappa shape index (κ1) is 19.5. The monoisotopic (exact) mass is 382 g/mol. The van der Waals surface area contributed by atoms with Crippen LogP contribution in [0.2, 0.25) is 0 Å². The molecule has 3 aromatic rings. The zero-order chi connectivity index (χ0) is 19.9. The summed E-state index contributed by atoms with van der Waals surface area (Å²) in [5, 5.41) is 0. The summed E-state index contributed by atoms with van der Waals surface area (Å²) in [4.78, 5) is 12.2. The maximum absolute atomic E-state index is 12.2. The van der Waals surface area contributed by atoms with Gasteiger partial charge in [-0.3, -0.25) is 0 Å². The molecule has 0 aliphatic heterocycles. The van der Waals surface area contributed by atoms with Crippen molar-refractivity contribution in [3.8, 4) is 22.6 Å². The smallest absolute Gasteiger partial charge is 0.387 e. The predicted molar refractivity (Wildman–Crippen MR) is 104 cm³/mol. The fourth-order valence-electron chi connectivity index (χ4n) is 2.81. The molecular weight excluding hydrogens is 362 g/mol. The van der Waals surface area contributed by atoms with Gasteiger partial charge in [0.05, 0.1) is 5.56 Å². The maximum Gasteiger partial charge on any atom is 0.387 e. The number of carbonyl (C=O) groups excluding carboxylic acids is 1. The molecule has 144 valence electrons. The lowest BCUT2D eigenvalue weighted by Crippen LogP contribution is -2.08. The number of halogens is 2. The highest BCUT2D eigenvalue weighted by atomic mass is 19.3. The lowest BCUT2D eigenvalue weighted by atomic mass is 10.0. The van der Waals surface area contributed by atoms with Gasteiger partial charge in [-0.05, 0) is 59.5 Å². The van der Waals surface area contributed by atoms with Crippen LogP contribution in [0.4, 0.5) is 8.78 Å². The van der Waals surface area contributed by atoms with E-state index in [4.69, 9.17) is 4.74 Å². The quantitative estimate of drug-likeness (QED) is 0.364. The minimum absolute atomic E-state index is 0.0131. The van der Waals surface area contributed by atoms with E-state index in [-0.39, 0.29) is 11.3 Å². The van der Waals surface area contributed by atoms with E-state index < -0.39 is 12.6 Å². The summed E-state index contributed by atoms with van der Waals surface area (Å²) >= 11 is 0. The van der Waals surface area contributed by atoms with Gasteiger partial charge in [0.15, 0.2) is 0 Å². The molecule has 0 amide bonds. The van der Waals surface area contributed by atoms with Crippen LogP contribution in [-0.2, 0) is 6.42 Å². The normalized spacial score (nSPS) is 10.7. The zero-order valence-corrected chi connectivity index (χ0v) is 15.4. The van der Waals surface area contributed by atoms with Crippen LogP contribution in [-0.4, -0.2) is 12.6 Å². The Kier molecular flexibility index (Phi) is 6.37. The van der Waals surface area contributed by atoms with Gasteiger partial charge in [-0.25, -0.2) is 4.79 Å². The van der Waals surface area contributed by atoms with E-state index >= 15 is 0 Å². The Labute approximate surface area is 162 Å². The van der Waals surface area contributed by atoms with Gasteiger partial charge < -0.3 is 9.47 Å². The highest BCUT2D eigenvalue weighted by Gasteiger charge is 2.10. The second kappa shape index (κ2) is 9.13. The summed E-state index contributed by atoms with van der Waals surface area (Å²) in [6, 6.07) is 21.0. The molecule has 0 spiro atoms. The number of benzene rings is 3. The Balaban J connectivity index is 1.64. The Morgan fingerprint density at radius 3 is 1.89 bits per heavy atom. The van der Waals surface area contributed by atoms with E-state index in [0.29, 0.717) is 5.75 Å². The number of aryl methyl sites for hydroxylation is 1. The first-order valence-electron chi connectivity index (χ1n) is 9.01. The third kappa shape index (κ3) is 5.16. The number of rotatable bonds is 7. The van der Waals surface area contributed by atoms with Gasteiger partial charge in [0, 0.05) is 0 Å². The number of alkyl halides is 2. The van der Waals surface area contributed by atoms with E-state index in [0.717, 1.165) is 24.0 Å². The number of carbonyl (C=O) groups is 1.